The highest BCUT2D eigenvalue weighted by molar-refractivity contribution is 5.22. The summed E-state index contributed by atoms with van der Waals surface area (Å²) >= 11 is 0. The number of hydrogen-bond donors (Lipinski definition) is 0. The first-order valence-corrected chi connectivity index (χ1v) is 6.94. The summed E-state index contributed by atoms with van der Waals surface area (Å²) in [6.45, 7) is 4.59. The Bertz CT molecular complexity index is 333. The molecule has 1 atom stereocenters. The van der Waals surface area contributed by atoms with Gasteiger partial charge in [0.25, 0.3) is 0 Å². The molecule has 17 heavy (non-hydrogen) atoms. The highest BCUT2D eigenvalue weighted by atomic mass is 19.1. The third-order valence-electron chi connectivity index (χ3n) is 4.13. The summed E-state index contributed by atoms with van der Waals surface area (Å²) in [4.78, 5) is 0. The quantitative estimate of drug-likeness (QED) is 0.679. The van der Waals surface area contributed by atoms with E-state index in [0.717, 1.165) is 5.92 Å². The lowest BCUT2D eigenvalue weighted by molar-refractivity contribution is 0.260. The summed E-state index contributed by atoms with van der Waals surface area (Å²) in [5.41, 5.74) is 1.33. The minimum absolute atomic E-state index is 0.125. The zero-order chi connectivity index (χ0) is 12.3. The molecule has 0 aliphatic heterocycles. The maximum absolute atomic E-state index is 13.0. The van der Waals surface area contributed by atoms with Crippen molar-refractivity contribution in [3.63, 3.8) is 0 Å². The van der Waals surface area contributed by atoms with Crippen LogP contribution >= 0.6 is 0 Å². The number of halogens is 1. The minimum Gasteiger partial charge on any atom is -0.207 e. The Kier molecular flexibility index (Phi) is 4.20. The Hall–Kier alpha value is -0.850. The van der Waals surface area contributed by atoms with Gasteiger partial charge in [0.2, 0.25) is 0 Å². The van der Waals surface area contributed by atoms with Crippen LogP contribution in [0.3, 0.4) is 0 Å². The Balaban J connectivity index is 2.18. The van der Waals surface area contributed by atoms with Gasteiger partial charge in [-0.1, -0.05) is 45.2 Å². The zero-order valence-electron chi connectivity index (χ0n) is 11.0. The summed E-state index contributed by atoms with van der Waals surface area (Å²) in [5.74, 6) is 1.92. The molecule has 1 heteroatoms. The van der Waals surface area contributed by atoms with E-state index in [1.165, 1.54) is 37.7 Å². The number of rotatable bonds is 3. The molecule has 0 saturated heterocycles. The van der Waals surface area contributed by atoms with E-state index in [1.54, 1.807) is 12.1 Å². The van der Waals surface area contributed by atoms with Crippen LogP contribution in [0.2, 0.25) is 0 Å². The van der Waals surface area contributed by atoms with E-state index in [-0.39, 0.29) is 5.82 Å². The number of hydrogen-bond acceptors (Lipinski definition) is 0. The van der Waals surface area contributed by atoms with Crippen molar-refractivity contribution in [1.82, 2.24) is 0 Å². The molecule has 0 radical (unpaired) electrons. The lowest BCUT2D eigenvalue weighted by Crippen LogP contribution is -2.20. The fraction of sp³-hybridized carbons (Fsp3) is 0.625. The maximum atomic E-state index is 13.0. The third-order valence-corrected chi connectivity index (χ3v) is 4.13. The van der Waals surface area contributed by atoms with Crippen molar-refractivity contribution in [2.24, 2.45) is 11.8 Å². The molecule has 1 fully saturated rings. The van der Waals surface area contributed by atoms with Gasteiger partial charge < -0.3 is 0 Å². The molecule has 0 aromatic heterocycles. The van der Waals surface area contributed by atoms with Crippen LogP contribution in [0.15, 0.2) is 24.3 Å². The molecular formula is C16H23F. The molecule has 1 unspecified atom stereocenters. The second kappa shape index (κ2) is 5.66. The molecule has 1 aromatic carbocycles. The summed E-state index contributed by atoms with van der Waals surface area (Å²) in [7, 11) is 0. The normalized spacial score (nSPS) is 19.5. The minimum atomic E-state index is -0.125. The molecule has 1 aromatic rings. The van der Waals surface area contributed by atoms with Gasteiger partial charge in [0, 0.05) is 0 Å². The SMILES string of the molecule is CC(C)C(c1ccc(F)cc1)C1CCCCC1. The molecule has 0 heterocycles. The van der Waals surface area contributed by atoms with Crippen molar-refractivity contribution in [3.8, 4) is 0 Å². The fourth-order valence-corrected chi connectivity index (χ4v) is 3.38. The topological polar surface area (TPSA) is 0 Å². The molecule has 1 aliphatic carbocycles. The molecule has 2 rings (SSSR count). The van der Waals surface area contributed by atoms with Crippen LogP contribution in [0.4, 0.5) is 4.39 Å². The summed E-state index contributed by atoms with van der Waals surface area (Å²) in [6, 6.07) is 7.17. The van der Waals surface area contributed by atoms with Gasteiger partial charge in [-0.15, -0.1) is 0 Å². The van der Waals surface area contributed by atoms with Crippen molar-refractivity contribution >= 4 is 0 Å². The Morgan fingerprint density at radius 2 is 1.59 bits per heavy atom. The van der Waals surface area contributed by atoms with Crippen LogP contribution < -0.4 is 0 Å². The fourth-order valence-electron chi connectivity index (χ4n) is 3.38. The first kappa shape index (κ1) is 12.6. The lowest BCUT2D eigenvalue weighted by atomic mass is 9.72. The molecular weight excluding hydrogens is 211 g/mol. The van der Waals surface area contributed by atoms with Crippen LogP contribution in [-0.4, -0.2) is 0 Å². The van der Waals surface area contributed by atoms with Crippen molar-refractivity contribution in [2.75, 3.05) is 0 Å². The Morgan fingerprint density at radius 3 is 2.12 bits per heavy atom. The molecule has 1 aliphatic rings. The van der Waals surface area contributed by atoms with Gasteiger partial charge in [-0.25, -0.2) is 4.39 Å². The van der Waals surface area contributed by atoms with Crippen molar-refractivity contribution in [1.29, 1.82) is 0 Å². The second-order valence-corrected chi connectivity index (χ2v) is 5.72. The van der Waals surface area contributed by atoms with Gasteiger partial charge in [-0.05, 0) is 48.3 Å². The highest BCUT2D eigenvalue weighted by Crippen LogP contribution is 2.40. The maximum Gasteiger partial charge on any atom is 0.123 e. The van der Waals surface area contributed by atoms with E-state index < -0.39 is 0 Å². The van der Waals surface area contributed by atoms with Crippen LogP contribution in [-0.2, 0) is 0 Å². The van der Waals surface area contributed by atoms with Gasteiger partial charge in [-0.2, -0.15) is 0 Å². The second-order valence-electron chi connectivity index (χ2n) is 5.72. The molecule has 94 valence electrons. The lowest BCUT2D eigenvalue weighted by Gasteiger charge is -2.33. The summed E-state index contributed by atoms with van der Waals surface area (Å²) < 4.78 is 13.0. The predicted molar refractivity (Wildman–Crippen MR) is 70.6 cm³/mol. The molecule has 1 saturated carbocycles. The van der Waals surface area contributed by atoms with Crippen LogP contribution in [0.5, 0.6) is 0 Å². The smallest absolute Gasteiger partial charge is 0.123 e. The molecule has 0 spiro atoms. The summed E-state index contributed by atoms with van der Waals surface area (Å²) in [5, 5.41) is 0. The predicted octanol–water partition coefficient (Wildman–Crippen LogP) is 5.15. The Morgan fingerprint density at radius 1 is 1.00 bits per heavy atom. The largest absolute Gasteiger partial charge is 0.207 e. The number of benzene rings is 1. The third kappa shape index (κ3) is 3.08. The molecule has 0 amide bonds. The van der Waals surface area contributed by atoms with Crippen molar-refractivity contribution < 1.29 is 4.39 Å². The molecule has 0 nitrogen and oxygen atoms in total. The molecule has 0 bridgehead atoms. The first-order valence-electron chi connectivity index (χ1n) is 6.94. The van der Waals surface area contributed by atoms with Crippen LogP contribution in [0.1, 0.15) is 57.4 Å². The van der Waals surface area contributed by atoms with E-state index in [1.807, 2.05) is 12.1 Å². The van der Waals surface area contributed by atoms with Gasteiger partial charge in [0.15, 0.2) is 0 Å². The monoisotopic (exact) mass is 234 g/mol. The van der Waals surface area contributed by atoms with E-state index in [4.69, 9.17) is 0 Å². The van der Waals surface area contributed by atoms with Gasteiger partial charge >= 0.3 is 0 Å². The first-order chi connectivity index (χ1) is 8.18. The van der Waals surface area contributed by atoms with E-state index in [0.29, 0.717) is 11.8 Å². The van der Waals surface area contributed by atoms with E-state index in [2.05, 4.69) is 13.8 Å². The average Bonchev–Trinajstić information content (AvgIpc) is 2.33. The van der Waals surface area contributed by atoms with Crippen molar-refractivity contribution in [2.45, 2.75) is 51.9 Å². The van der Waals surface area contributed by atoms with Crippen LogP contribution in [0.25, 0.3) is 0 Å². The Labute approximate surface area is 104 Å². The van der Waals surface area contributed by atoms with Crippen molar-refractivity contribution in [3.05, 3.63) is 35.6 Å². The van der Waals surface area contributed by atoms with E-state index >= 15 is 0 Å². The standard InChI is InChI=1S/C16H23F/c1-12(2)16(13-6-4-3-5-7-13)14-8-10-15(17)11-9-14/h8-13,16H,3-7H2,1-2H3. The summed E-state index contributed by atoms with van der Waals surface area (Å²) in [6.07, 6.45) is 6.83. The van der Waals surface area contributed by atoms with Gasteiger partial charge in [0.05, 0.1) is 0 Å². The van der Waals surface area contributed by atoms with Crippen LogP contribution in [0, 0.1) is 17.7 Å². The average molecular weight is 234 g/mol. The molecule has 0 N–H and O–H groups in total. The van der Waals surface area contributed by atoms with Gasteiger partial charge in [-0.3, -0.25) is 0 Å². The van der Waals surface area contributed by atoms with E-state index in [9.17, 15) is 4.39 Å². The van der Waals surface area contributed by atoms with Gasteiger partial charge in [0.1, 0.15) is 5.82 Å². The zero-order valence-corrected chi connectivity index (χ0v) is 11.0. The highest BCUT2D eigenvalue weighted by Gasteiger charge is 2.27.